The molecule has 3 fully saturated rings. The molecule has 0 radical (unpaired) electrons. The average Bonchev–Trinajstić information content (AvgIpc) is 2.95. The third-order valence-corrected chi connectivity index (χ3v) is 7.51. The zero-order valence-electron chi connectivity index (χ0n) is 16.7. The first-order valence-electron chi connectivity index (χ1n) is 10.9. The van der Waals surface area contributed by atoms with Gasteiger partial charge in [-0.25, -0.2) is 0 Å². The van der Waals surface area contributed by atoms with Gasteiger partial charge in [-0.05, 0) is 93.5 Å². The number of amides is 1. The van der Waals surface area contributed by atoms with Crippen LogP contribution in [-0.4, -0.2) is 5.91 Å². The second-order valence-electron chi connectivity index (χ2n) is 9.14. The molecule has 2 heteroatoms. The van der Waals surface area contributed by atoms with Gasteiger partial charge >= 0.3 is 0 Å². The topological polar surface area (TPSA) is 43.1 Å². The number of carbonyl (C=O) groups is 1. The van der Waals surface area contributed by atoms with Gasteiger partial charge in [0.25, 0.3) is 0 Å². The van der Waals surface area contributed by atoms with Crippen LogP contribution in [0.3, 0.4) is 0 Å². The standard InChI is InChI=1S/C24H37NO/c1-18-8-3-4-9-19(18)13-14-20-10-7-17-24(2)21(15-16-22(20)24)11-5-6-12-23(25)26/h13-14,21-22H,1,3-12,15-17H2,2H3,(H2,25,26)/b19-13-,20-14+. The minimum Gasteiger partial charge on any atom is -0.370 e. The molecule has 3 saturated carbocycles. The Bertz CT molecular complexity index is 599. The molecule has 3 atom stereocenters. The second-order valence-corrected chi connectivity index (χ2v) is 9.14. The third kappa shape index (κ3) is 4.32. The van der Waals surface area contributed by atoms with E-state index in [1.54, 1.807) is 5.57 Å². The fourth-order valence-electron chi connectivity index (χ4n) is 5.91. The monoisotopic (exact) mass is 355 g/mol. The third-order valence-electron chi connectivity index (χ3n) is 7.51. The van der Waals surface area contributed by atoms with Crippen LogP contribution in [0.25, 0.3) is 0 Å². The lowest BCUT2D eigenvalue weighted by Gasteiger charge is -2.42. The lowest BCUT2D eigenvalue weighted by molar-refractivity contribution is -0.118. The van der Waals surface area contributed by atoms with Crippen molar-refractivity contribution in [3.8, 4) is 0 Å². The van der Waals surface area contributed by atoms with Gasteiger partial charge in [-0.3, -0.25) is 4.79 Å². The van der Waals surface area contributed by atoms with Crippen LogP contribution < -0.4 is 5.73 Å². The Morgan fingerprint density at radius 1 is 1.15 bits per heavy atom. The number of hydrogen-bond acceptors (Lipinski definition) is 1. The van der Waals surface area contributed by atoms with Crippen LogP contribution in [0.5, 0.6) is 0 Å². The molecule has 26 heavy (non-hydrogen) atoms. The van der Waals surface area contributed by atoms with Crippen molar-refractivity contribution in [3.63, 3.8) is 0 Å². The van der Waals surface area contributed by atoms with Gasteiger partial charge in [0.05, 0.1) is 0 Å². The molecule has 0 bridgehead atoms. The maximum absolute atomic E-state index is 11.0. The zero-order valence-corrected chi connectivity index (χ0v) is 16.7. The Balaban J connectivity index is 1.64. The van der Waals surface area contributed by atoms with Crippen molar-refractivity contribution >= 4 is 5.91 Å². The smallest absolute Gasteiger partial charge is 0.217 e. The molecule has 0 heterocycles. The molecular formula is C24H37NO. The van der Waals surface area contributed by atoms with E-state index in [2.05, 4.69) is 25.7 Å². The Labute approximate surface area is 160 Å². The highest BCUT2D eigenvalue weighted by Crippen LogP contribution is 2.58. The maximum Gasteiger partial charge on any atom is 0.217 e. The number of hydrogen-bond donors (Lipinski definition) is 1. The summed E-state index contributed by atoms with van der Waals surface area (Å²) in [6.45, 7) is 6.82. The summed E-state index contributed by atoms with van der Waals surface area (Å²) in [4.78, 5) is 11.0. The fourth-order valence-corrected chi connectivity index (χ4v) is 5.91. The molecule has 0 aromatic heterocycles. The molecular weight excluding hydrogens is 318 g/mol. The van der Waals surface area contributed by atoms with Gasteiger partial charge in [-0.1, -0.05) is 43.2 Å². The van der Waals surface area contributed by atoms with Crippen LogP contribution in [0.2, 0.25) is 0 Å². The van der Waals surface area contributed by atoms with Crippen molar-refractivity contribution in [2.45, 2.75) is 90.4 Å². The summed E-state index contributed by atoms with van der Waals surface area (Å²) in [5, 5.41) is 0. The first-order chi connectivity index (χ1) is 12.5. The molecule has 3 unspecified atom stereocenters. The predicted octanol–water partition coefficient (Wildman–Crippen LogP) is 6.23. The molecule has 2 N–H and O–H groups in total. The van der Waals surface area contributed by atoms with Crippen molar-refractivity contribution < 1.29 is 4.79 Å². The highest BCUT2D eigenvalue weighted by atomic mass is 16.1. The number of allylic oxidation sites excluding steroid dienone is 5. The van der Waals surface area contributed by atoms with Crippen LogP contribution in [0.15, 0.2) is 35.5 Å². The number of carbonyl (C=O) groups excluding carboxylic acids is 1. The van der Waals surface area contributed by atoms with Crippen LogP contribution >= 0.6 is 0 Å². The van der Waals surface area contributed by atoms with Crippen molar-refractivity contribution in [3.05, 3.63) is 35.5 Å². The van der Waals surface area contributed by atoms with Gasteiger partial charge < -0.3 is 5.73 Å². The summed E-state index contributed by atoms with van der Waals surface area (Å²) in [6.07, 6.45) is 20.6. The van der Waals surface area contributed by atoms with E-state index in [0.29, 0.717) is 11.8 Å². The zero-order chi connectivity index (χ0) is 18.6. The molecule has 0 spiro atoms. The van der Waals surface area contributed by atoms with E-state index in [1.807, 2.05) is 0 Å². The average molecular weight is 356 g/mol. The number of primary amides is 1. The highest BCUT2D eigenvalue weighted by Gasteiger charge is 2.48. The molecule has 144 valence electrons. The summed E-state index contributed by atoms with van der Waals surface area (Å²) in [5.41, 5.74) is 10.3. The molecule has 3 rings (SSSR count). The molecule has 1 amide bonds. The second kappa shape index (κ2) is 8.59. The van der Waals surface area contributed by atoms with E-state index in [9.17, 15) is 4.79 Å². The van der Waals surface area contributed by atoms with E-state index in [0.717, 1.165) is 24.7 Å². The first-order valence-corrected chi connectivity index (χ1v) is 10.9. The van der Waals surface area contributed by atoms with E-state index < -0.39 is 0 Å². The van der Waals surface area contributed by atoms with Crippen LogP contribution in [0.4, 0.5) is 0 Å². The van der Waals surface area contributed by atoms with Crippen molar-refractivity contribution in [1.82, 2.24) is 0 Å². The Morgan fingerprint density at radius 3 is 2.73 bits per heavy atom. The highest BCUT2D eigenvalue weighted by molar-refractivity contribution is 5.73. The number of rotatable bonds is 6. The number of nitrogens with two attached hydrogens (primary N) is 1. The summed E-state index contributed by atoms with van der Waals surface area (Å²) in [5.74, 6) is 1.44. The van der Waals surface area contributed by atoms with Crippen molar-refractivity contribution in [2.24, 2.45) is 23.0 Å². The summed E-state index contributed by atoms with van der Waals surface area (Å²) >= 11 is 0. The molecule has 0 saturated heterocycles. The molecule has 3 aliphatic rings. The van der Waals surface area contributed by atoms with Gasteiger partial charge in [0.15, 0.2) is 0 Å². The summed E-state index contributed by atoms with van der Waals surface area (Å²) in [6, 6.07) is 0. The first kappa shape index (κ1) is 19.5. The van der Waals surface area contributed by atoms with E-state index >= 15 is 0 Å². The predicted molar refractivity (Wildman–Crippen MR) is 110 cm³/mol. The molecule has 0 aliphatic heterocycles. The van der Waals surface area contributed by atoms with E-state index in [-0.39, 0.29) is 5.91 Å². The van der Waals surface area contributed by atoms with Gasteiger partial charge in [-0.15, -0.1) is 0 Å². The van der Waals surface area contributed by atoms with Crippen LogP contribution in [0.1, 0.15) is 90.4 Å². The molecule has 0 aromatic rings. The van der Waals surface area contributed by atoms with Crippen LogP contribution in [0, 0.1) is 17.3 Å². The Hall–Kier alpha value is -1.31. The van der Waals surface area contributed by atoms with Crippen LogP contribution in [-0.2, 0) is 4.79 Å². The number of fused-ring (bicyclic) bond motifs is 1. The van der Waals surface area contributed by atoms with Gasteiger partial charge in [0.2, 0.25) is 5.91 Å². The van der Waals surface area contributed by atoms with Gasteiger partial charge in [0.1, 0.15) is 0 Å². The fraction of sp³-hybridized carbons (Fsp3) is 0.708. The van der Waals surface area contributed by atoms with Gasteiger partial charge in [0, 0.05) is 6.42 Å². The molecule has 2 nitrogen and oxygen atoms in total. The normalized spacial score (nSPS) is 35.0. The lowest BCUT2D eigenvalue weighted by Crippen LogP contribution is -2.33. The minimum atomic E-state index is -0.152. The Kier molecular flexibility index (Phi) is 6.42. The van der Waals surface area contributed by atoms with Crippen molar-refractivity contribution in [1.29, 1.82) is 0 Å². The summed E-state index contributed by atoms with van der Waals surface area (Å²) < 4.78 is 0. The van der Waals surface area contributed by atoms with E-state index in [4.69, 9.17) is 5.73 Å². The maximum atomic E-state index is 11.0. The van der Waals surface area contributed by atoms with Crippen molar-refractivity contribution in [2.75, 3.05) is 0 Å². The van der Waals surface area contributed by atoms with Gasteiger partial charge in [-0.2, -0.15) is 0 Å². The lowest BCUT2D eigenvalue weighted by atomic mass is 9.62. The quantitative estimate of drug-likeness (QED) is 0.564. The molecule has 0 aromatic carbocycles. The Morgan fingerprint density at radius 2 is 1.96 bits per heavy atom. The van der Waals surface area contributed by atoms with E-state index in [1.165, 1.54) is 75.4 Å². The number of unbranched alkanes of at least 4 members (excludes halogenated alkanes) is 1. The SMILES string of the molecule is C=C1CCCC/C1=C/C=C1\CCCC2(C)C(CCCCC(N)=O)CCC12. The largest absolute Gasteiger partial charge is 0.370 e. The minimum absolute atomic E-state index is 0.152. The molecule has 3 aliphatic carbocycles. The summed E-state index contributed by atoms with van der Waals surface area (Å²) in [7, 11) is 0.